The standard InChI is InChI=1S/C62H41N3Si/c1-6-22-44(23-7-1)57-43-58(64-62(63-57)45-24-8-2-9-25-45)61-54-35-18-16-32-50(54)52(51-33-17-19-36-55(51)61)40-41-66(47-28-12-4-13-29-47,48-30-14-5-15-31-48)49-38-39-60-56(42-49)53-34-20-21-37-59(53)65(60)46-26-10-3-11-27-46/h1-39,42-43H. The average Bonchev–Trinajstić information content (AvgIpc) is 3.73. The predicted molar refractivity (Wildman–Crippen MR) is 279 cm³/mol. The fourth-order valence-electron chi connectivity index (χ4n) is 9.90. The second-order valence-electron chi connectivity index (χ2n) is 16.7. The van der Waals surface area contributed by atoms with Crippen LogP contribution in [0.4, 0.5) is 0 Å². The molecule has 0 spiro atoms. The molecule has 0 saturated carbocycles. The Balaban J connectivity index is 1.14. The smallest absolute Gasteiger partial charge is 0.230 e. The molecule has 66 heavy (non-hydrogen) atoms. The first-order valence-corrected chi connectivity index (χ1v) is 24.4. The topological polar surface area (TPSA) is 30.7 Å². The van der Waals surface area contributed by atoms with E-state index in [1.54, 1.807) is 0 Å². The number of benzene rings is 10. The summed E-state index contributed by atoms with van der Waals surface area (Å²) in [6, 6.07) is 88.8. The van der Waals surface area contributed by atoms with Gasteiger partial charge in [0.25, 0.3) is 0 Å². The zero-order chi connectivity index (χ0) is 43.9. The SMILES string of the molecule is C(#C[Si](c1ccccc1)(c1ccccc1)c1ccc2c(c1)c1ccccc1n2-c1ccccc1)c1c2ccccc2c(-c2cc(-c3ccccc3)nc(-c3ccccc3)n2)c2ccccc12. The zero-order valence-corrected chi connectivity index (χ0v) is 37.0. The normalized spacial score (nSPS) is 11.5. The van der Waals surface area contributed by atoms with E-state index < -0.39 is 8.07 Å². The lowest BCUT2D eigenvalue weighted by Gasteiger charge is -2.28. The lowest BCUT2D eigenvalue weighted by atomic mass is 9.90. The first kappa shape index (κ1) is 39.0. The van der Waals surface area contributed by atoms with E-state index in [0.29, 0.717) is 5.82 Å². The summed E-state index contributed by atoms with van der Waals surface area (Å²) in [5.41, 5.74) is 13.5. The Kier molecular flexibility index (Phi) is 9.75. The van der Waals surface area contributed by atoms with Crippen molar-refractivity contribution >= 4 is 67.0 Å². The first-order chi connectivity index (χ1) is 32.7. The first-order valence-electron chi connectivity index (χ1n) is 22.4. The molecule has 0 N–H and O–H groups in total. The highest BCUT2D eigenvalue weighted by atomic mass is 28.3. The largest absolute Gasteiger partial charge is 0.309 e. The fraction of sp³-hybridized carbons (Fsp3) is 0. The van der Waals surface area contributed by atoms with Gasteiger partial charge in [-0.1, -0.05) is 224 Å². The molecule has 0 aliphatic heterocycles. The third-order valence-corrected chi connectivity index (χ3v) is 17.0. The Morgan fingerprint density at radius 3 is 1.42 bits per heavy atom. The molecule has 0 amide bonds. The van der Waals surface area contributed by atoms with E-state index in [1.807, 2.05) is 24.3 Å². The summed E-state index contributed by atoms with van der Waals surface area (Å²) in [6.07, 6.45) is 0. The minimum absolute atomic E-state index is 0.689. The second kappa shape index (κ2) is 16.5. The van der Waals surface area contributed by atoms with Crippen LogP contribution in [-0.4, -0.2) is 22.6 Å². The van der Waals surface area contributed by atoms with E-state index in [9.17, 15) is 0 Å². The van der Waals surface area contributed by atoms with Gasteiger partial charge in [0.05, 0.1) is 22.4 Å². The van der Waals surface area contributed by atoms with Gasteiger partial charge in [0.15, 0.2) is 5.82 Å². The van der Waals surface area contributed by atoms with E-state index in [2.05, 4.69) is 240 Å². The predicted octanol–water partition coefficient (Wildman–Crippen LogP) is 12.9. The van der Waals surface area contributed by atoms with E-state index in [4.69, 9.17) is 9.97 Å². The van der Waals surface area contributed by atoms with Crippen molar-refractivity contribution in [3.63, 3.8) is 0 Å². The van der Waals surface area contributed by atoms with Crippen molar-refractivity contribution in [1.29, 1.82) is 0 Å². The maximum atomic E-state index is 5.36. The van der Waals surface area contributed by atoms with Crippen molar-refractivity contribution in [3.05, 3.63) is 254 Å². The number of aromatic nitrogens is 3. The number of hydrogen-bond acceptors (Lipinski definition) is 2. The average molecular weight is 856 g/mol. The van der Waals surface area contributed by atoms with Gasteiger partial charge < -0.3 is 4.57 Å². The van der Waals surface area contributed by atoms with Crippen molar-refractivity contribution in [2.24, 2.45) is 0 Å². The minimum atomic E-state index is -3.11. The Morgan fingerprint density at radius 2 is 0.818 bits per heavy atom. The number of hydrogen-bond donors (Lipinski definition) is 0. The monoisotopic (exact) mass is 855 g/mol. The van der Waals surface area contributed by atoms with Gasteiger partial charge in [-0.2, -0.15) is 0 Å². The van der Waals surface area contributed by atoms with E-state index in [-0.39, 0.29) is 0 Å². The van der Waals surface area contributed by atoms with Crippen molar-refractivity contribution in [2.75, 3.05) is 0 Å². The Morgan fingerprint density at radius 1 is 0.348 bits per heavy atom. The second-order valence-corrected chi connectivity index (χ2v) is 20.2. The molecule has 12 rings (SSSR count). The summed E-state index contributed by atoms with van der Waals surface area (Å²) < 4.78 is 2.39. The molecule has 0 aliphatic rings. The summed E-state index contributed by atoms with van der Waals surface area (Å²) in [5, 5.41) is 10.5. The van der Waals surface area contributed by atoms with Gasteiger partial charge in [0.2, 0.25) is 8.07 Å². The van der Waals surface area contributed by atoms with Gasteiger partial charge in [0.1, 0.15) is 0 Å². The van der Waals surface area contributed by atoms with E-state index in [1.165, 1.54) is 37.4 Å². The van der Waals surface area contributed by atoms with Gasteiger partial charge >= 0.3 is 0 Å². The van der Waals surface area contributed by atoms with Gasteiger partial charge in [-0.3, -0.25) is 0 Å². The summed E-state index contributed by atoms with van der Waals surface area (Å²) in [6.45, 7) is 0. The number of fused-ring (bicyclic) bond motifs is 5. The number of rotatable bonds is 7. The highest BCUT2D eigenvalue weighted by Gasteiger charge is 2.39. The quantitative estimate of drug-likeness (QED) is 0.0692. The van der Waals surface area contributed by atoms with Crippen LogP contribution in [0.25, 0.3) is 82.9 Å². The van der Waals surface area contributed by atoms with Crippen molar-refractivity contribution < 1.29 is 0 Å². The lowest BCUT2D eigenvalue weighted by molar-refractivity contribution is 1.18. The molecule has 0 aliphatic carbocycles. The number of para-hydroxylation sites is 2. The van der Waals surface area contributed by atoms with Crippen LogP contribution >= 0.6 is 0 Å². The van der Waals surface area contributed by atoms with Crippen molar-refractivity contribution in [1.82, 2.24) is 14.5 Å². The molecule has 0 saturated heterocycles. The third-order valence-electron chi connectivity index (χ3n) is 12.9. The molecular formula is C62H41N3Si. The minimum Gasteiger partial charge on any atom is -0.309 e. The molecule has 0 radical (unpaired) electrons. The summed E-state index contributed by atoms with van der Waals surface area (Å²) >= 11 is 0. The number of nitrogens with zero attached hydrogens (tertiary/aromatic N) is 3. The third kappa shape index (κ3) is 6.61. The molecule has 0 atom stereocenters. The summed E-state index contributed by atoms with van der Waals surface area (Å²) in [4.78, 5) is 10.5. The van der Waals surface area contributed by atoms with Crippen molar-refractivity contribution in [2.45, 2.75) is 0 Å². The lowest BCUT2D eigenvalue weighted by Crippen LogP contribution is -2.66. The van der Waals surface area contributed by atoms with Crippen LogP contribution < -0.4 is 15.6 Å². The van der Waals surface area contributed by atoms with Crippen LogP contribution in [0.15, 0.2) is 249 Å². The van der Waals surface area contributed by atoms with Crippen molar-refractivity contribution in [3.8, 4) is 51.1 Å². The maximum absolute atomic E-state index is 5.36. The molecule has 0 bridgehead atoms. The summed E-state index contributed by atoms with van der Waals surface area (Å²) in [7, 11) is -3.11. The fourth-order valence-corrected chi connectivity index (χ4v) is 13.7. The summed E-state index contributed by atoms with van der Waals surface area (Å²) in [5.74, 6) is 4.70. The highest BCUT2D eigenvalue weighted by molar-refractivity contribution is 7.17. The Hall–Kier alpha value is -8.62. The van der Waals surface area contributed by atoms with Gasteiger partial charge in [-0.15, -0.1) is 5.54 Å². The molecule has 12 aromatic rings. The van der Waals surface area contributed by atoms with Gasteiger partial charge in [-0.05, 0) is 67.4 Å². The molecule has 10 aromatic carbocycles. The van der Waals surface area contributed by atoms with Crippen LogP contribution in [0, 0.1) is 11.5 Å². The van der Waals surface area contributed by atoms with Crippen LogP contribution in [0.5, 0.6) is 0 Å². The Bertz CT molecular complexity index is 3650. The molecule has 3 nitrogen and oxygen atoms in total. The molecular weight excluding hydrogens is 815 g/mol. The molecule has 2 heterocycles. The Labute approximate surface area is 385 Å². The van der Waals surface area contributed by atoms with Gasteiger partial charge in [-0.25, -0.2) is 9.97 Å². The molecule has 2 aromatic heterocycles. The van der Waals surface area contributed by atoms with Crippen LogP contribution in [0.2, 0.25) is 0 Å². The van der Waals surface area contributed by atoms with Crippen LogP contribution in [-0.2, 0) is 0 Å². The maximum Gasteiger partial charge on any atom is 0.230 e. The van der Waals surface area contributed by atoms with E-state index >= 15 is 0 Å². The molecule has 4 heteroatoms. The molecule has 0 fully saturated rings. The van der Waals surface area contributed by atoms with E-state index in [0.717, 1.165) is 60.9 Å². The van der Waals surface area contributed by atoms with Crippen LogP contribution in [0.1, 0.15) is 5.56 Å². The zero-order valence-electron chi connectivity index (χ0n) is 36.0. The molecule has 308 valence electrons. The molecule has 0 unspecified atom stereocenters. The van der Waals surface area contributed by atoms with Gasteiger partial charge in [0, 0.05) is 38.7 Å². The van der Waals surface area contributed by atoms with Crippen LogP contribution in [0.3, 0.4) is 0 Å². The highest BCUT2D eigenvalue weighted by Crippen LogP contribution is 2.40.